The first kappa shape index (κ1) is 18.3. The minimum atomic E-state index is -0.287. The van der Waals surface area contributed by atoms with Gasteiger partial charge in [-0.3, -0.25) is 9.48 Å². The first-order chi connectivity index (χ1) is 13.6. The second-order valence-electron chi connectivity index (χ2n) is 6.28. The average molecular weight is 440 g/mol. The Morgan fingerprint density at radius 1 is 1.18 bits per heavy atom. The van der Waals surface area contributed by atoms with E-state index in [9.17, 15) is 4.79 Å². The van der Waals surface area contributed by atoms with Gasteiger partial charge < -0.3 is 14.5 Å². The van der Waals surface area contributed by atoms with Gasteiger partial charge >= 0.3 is 0 Å². The van der Waals surface area contributed by atoms with Crippen molar-refractivity contribution >= 4 is 32.6 Å². The smallest absolute Gasteiger partial charge is 0.287 e. The molecule has 0 spiro atoms. The van der Waals surface area contributed by atoms with Gasteiger partial charge in [0.2, 0.25) is 0 Å². The lowest BCUT2D eigenvalue weighted by molar-refractivity contribution is 0.0918. The minimum absolute atomic E-state index is 0.245. The number of aryl methyl sites for hydroxylation is 1. The maximum Gasteiger partial charge on any atom is 0.287 e. The molecule has 7 heteroatoms. The lowest BCUT2D eigenvalue weighted by atomic mass is 10.1. The molecule has 6 nitrogen and oxygen atoms in total. The molecule has 0 bridgehead atoms. The number of nitrogens with one attached hydrogen (secondary N) is 1. The van der Waals surface area contributed by atoms with Crippen LogP contribution >= 0.6 is 15.9 Å². The Balaban J connectivity index is 1.39. The quantitative estimate of drug-likeness (QED) is 0.482. The van der Waals surface area contributed by atoms with E-state index in [1.807, 2.05) is 49.5 Å². The van der Waals surface area contributed by atoms with Crippen molar-refractivity contribution in [3.63, 3.8) is 0 Å². The van der Waals surface area contributed by atoms with E-state index < -0.39 is 0 Å². The lowest BCUT2D eigenvalue weighted by Crippen LogP contribution is -2.23. The van der Waals surface area contributed by atoms with Crippen LogP contribution in [0.15, 0.2) is 69.7 Å². The Morgan fingerprint density at radius 2 is 2.00 bits per heavy atom. The average Bonchev–Trinajstić information content (AvgIpc) is 3.31. The molecule has 0 saturated carbocycles. The van der Waals surface area contributed by atoms with Crippen LogP contribution in [-0.4, -0.2) is 15.7 Å². The van der Waals surface area contributed by atoms with Crippen molar-refractivity contribution in [2.24, 2.45) is 7.05 Å². The third-order valence-corrected chi connectivity index (χ3v) is 5.09. The van der Waals surface area contributed by atoms with E-state index in [0.29, 0.717) is 12.3 Å². The molecule has 4 rings (SSSR count). The molecular formula is C21H18BrN3O3. The molecule has 0 fully saturated rings. The summed E-state index contributed by atoms with van der Waals surface area (Å²) in [6.45, 7) is 0.590. The summed E-state index contributed by atoms with van der Waals surface area (Å²) in [5, 5.41) is 9.10. The Bertz CT molecular complexity index is 1110. The molecule has 0 aliphatic carbocycles. The first-order valence-corrected chi connectivity index (χ1v) is 9.55. The molecule has 1 amide bonds. The zero-order valence-corrected chi connectivity index (χ0v) is 16.8. The number of halogens is 1. The molecule has 0 aliphatic heterocycles. The lowest BCUT2D eigenvalue weighted by Gasteiger charge is -2.08. The van der Waals surface area contributed by atoms with Gasteiger partial charge in [-0.25, -0.2) is 0 Å². The fourth-order valence-electron chi connectivity index (χ4n) is 2.93. The molecular weight excluding hydrogens is 422 g/mol. The fraction of sp³-hybridized carbons (Fsp3) is 0.143. The number of aromatic nitrogens is 2. The van der Waals surface area contributed by atoms with Crippen molar-refractivity contribution in [3.8, 4) is 5.75 Å². The number of amides is 1. The van der Waals surface area contributed by atoms with Gasteiger partial charge in [0.15, 0.2) is 5.76 Å². The van der Waals surface area contributed by atoms with Gasteiger partial charge in [0.25, 0.3) is 5.91 Å². The number of carbonyl (C=O) groups is 1. The van der Waals surface area contributed by atoms with Crippen LogP contribution in [0, 0.1) is 0 Å². The van der Waals surface area contributed by atoms with Crippen molar-refractivity contribution in [2.75, 3.05) is 0 Å². The number of hydrogen-bond donors (Lipinski definition) is 1. The van der Waals surface area contributed by atoms with Crippen LogP contribution in [0.5, 0.6) is 5.75 Å². The highest BCUT2D eigenvalue weighted by Gasteiger charge is 2.14. The Labute approximate surface area is 170 Å². The van der Waals surface area contributed by atoms with E-state index in [1.165, 1.54) is 0 Å². The molecule has 0 aliphatic rings. The summed E-state index contributed by atoms with van der Waals surface area (Å²) in [7, 11) is 1.82. The van der Waals surface area contributed by atoms with Gasteiger partial charge in [0, 0.05) is 12.4 Å². The third-order valence-electron chi connectivity index (χ3n) is 4.43. The number of hydrogen-bond acceptors (Lipinski definition) is 4. The van der Waals surface area contributed by atoms with Crippen LogP contribution in [0.4, 0.5) is 0 Å². The number of fused-ring (bicyclic) bond motifs is 1. The molecule has 2 heterocycles. The maximum absolute atomic E-state index is 12.3. The van der Waals surface area contributed by atoms with Gasteiger partial charge in [-0.05, 0) is 39.5 Å². The largest absolute Gasteiger partial charge is 0.485 e. The van der Waals surface area contributed by atoms with Gasteiger partial charge in [-0.1, -0.05) is 36.4 Å². The monoisotopic (exact) mass is 439 g/mol. The van der Waals surface area contributed by atoms with Crippen LogP contribution in [-0.2, 0) is 20.2 Å². The highest BCUT2D eigenvalue weighted by Crippen LogP contribution is 2.26. The molecule has 1 N–H and O–H groups in total. The third kappa shape index (κ3) is 3.80. The van der Waals surface area contributed by atoms with E-state index in [4.69, 9.17) is 9.15 Å². The second-order valence-corrected chi connectivity index (χ2v) is 7.13. The van der Waals surface area contributed by atoms with Crippen molar-refractivity contribution in [2.45, 2.75) is 13.2 Å². The number of nitrogens with zero attached hydrogens (tertiary/aromatic N) is 2. The molecule has 142 valence electrons. The SMILES string of the molecule is Cn1ncc(Br)c1CNC(=O)c1ccc(COc2cccc3ccccc23)o1. The summed E-state index contributed by atoms with van der Waals surface area (Å²) in [6, 6.07) is 17.3. The van der Waals surface area contributed by atoms with Crippen molar-refractivity contribution in [1.82, 2.24) is 15.1 Å². The first-order valence-electron chi connectivity index (χ1n) is 8.75. The predicted molar refractivity (Wildman–Crippen MR) is 109 cm³/mol. The van der Waals surface area contributed by atoms with E-state index in [0.717, 1.165) is 26.7 Å². The Kier molecular flexibility index (Phi) is 5.16. The fourth-order valence-corrected chi connectivity index (χ4v) is 3.42. The van der Waals surface area contributed by atoms with Crippen molar-refractivity contribution in [1.29, 1.82) is 0 Å². The molecule has 0 saturated heterocycles. The summed E-state index contributed by atoms with van der Waals surface area (Å²) in [5.74, 6) is 1.32. The molecule has 2 aromatic carbocycles. The van der Waals surface area contributed by atoms with Crippen molar-refractivity contribution < 1.29 is 13.9 Å². The van der Waals surface area contributed by atoms with Gasteiger partial charge in [0.1, 0.15) is 18.1 Å². The maximum atomic E-state index is 12.3. The molecule has 0 atom stereocenters. The van der Waals surface area contributed by atoms with Crippen LogP contribution in [0.2, 0.25) is 0 Å². The zero-order valence-electron chi connectivity index (χ0n) is 15.2. The zero-order chi connectivity index (χ0) is 19.5. The second kappa shape index (κ2) is 7.90. The van der Waals surface area contributed by atoms with Gasteiger partial charge in [-0.2, -0.15) is 5.10 Å². The Morgan fingerprint density at radius 3 is 2.82 bits per heavy atom. The molecule has 0 radical (unpaired) electrons. The van der Waals surface area contributed by atoms with Crippen molar-refractivity contribution in [3.05, 3.63) is 82.5 Å². The van der Waals surface area contributed by atoms with E-state index in [1.54, 1.807) is 23.0 Å². The predicted octanol–water partition coefficient (Wildman–Crippen LogP) is 4.44. The van der Waals surface area contributed by atoms with Crippen LogP contribution in [0.1, 0.15) is 22.0 Å². The van der Waals surface area contributed by atoms with E-state index in [2.05, 4.69) is 26.3 Å². The van der Waals surface area contributed by atoms with E-state index >= 15 is 0 Å². The number of furan rings is 1. The van der Waals surface area contributed by atoms with Gasteiger partial charge in [-0.15, -0.1) is 0 Å². The van der Waals surface area contributed by atoms with E-state index in [-0.39, 0.29) is 18.3 Å². The summed E-state index contributed by atoms with van der Waals surface area (Å²) in [4.78, 5) is 12.3. The summed E-state index contributed by atoms with van der Waals surface area (Å²) < 4.78 is 14.1. The standard InChI is InChI=1S/C21H18BrN3O3/c1-25-18(17(22)11-24-25)12-23-21(26)20-10-9-15(28-20)13-27-19-8-4-6-14-5-2-3-7-16(14)19/h2-11H,12-13H2,1H3,(H,23,26). The van der Waals surface area contributed by atoms with Gasteiger partial charge in [0.05, 0.1) is 22.9 Å². The Hall–Kier alpha value is -3.06. The number of rotatable bonds is 6. The topological polar surface area (TPSA) is 69.3 Å². The van der Waals surface area contributed by atoms with Crippen LogP contribution in [0.3, 0.4) is 0 Å². The van der Waals surface area contributed by atoms with Crippen LogP contribution < -0.4 is 10.1 Å². The number of benzene rings is 2. The highest BCUT2D eigenvalue weighted by molar-refractivity contribution is 9.10. The number of ether oxygens (including phenoxy) is 1. The summed E-state index contributed by atoms with van der Waals surface area (Å²) in [5.41, 5.74) is 0.874. The summed E-state index contributed by atoms with van der Waals surface area (Å²) >= 11 is 3.41. The normalized spacial score (nSPS) is 10.9. The highest BCUT2D eigenvalue weighted by atomic mass is 79.9. The molecule has 4 aromatic rings. The molecule has 2 aromatic heterocycles. The molecule has 0 unspecified atom stereocenters. The molecule has 28 heavy (non-hydrogen) atoms. The van der Waals surface area contributed by atoms with Crippen LogP contribution in [0.25, 0.3) is 10.8 Å². The summed E-state index contributed by atoms with van der Waals surface area (Å²) in [6.07, 6.45) is 1.69. The minimum Gasteiger partial charge on any atom is -0.485 e. The number of carbonyl (C=O) groups excluding carboxylic acids is 1.